The van der Waals surface area contributed by atoms with Crippen LogP contribution >= 0.6 is 0 Å². The van der Waals surface area contributed by atoms with Crippen LogP contribution in [0.3, 0.4) is 0 Å². The van der Waals surface area contributed by atoms with Crippen LogP contribution in [0.25, 0.3) is 0 Å². The number of aromatic amines is 1. The predicted octanol–water partition coefficient (Wildman–Crippen LogP) is 0.906. The first-order valence-electron chi connectivity index (χ1n) is 3.08. The molecule has 0 saturated heterocycles. The first kappa shape index (κ1) is 6.84. The highest BCUT2D eigenvalue weighted by Crippen LogP contribution is 2.09. The number of hydrogen-bond donors (Lipinski definition) is 2. The van der Waals surface area contributed by atoms with Crippen LogP contribution in [0.15, 0.2) is 12.3 Å². The van der Waals surface area contributed by atoms with Crippen LogP contribution in [0.5, 0.6) is 0 Å². The SMILES string of the molecule is C[C@H](N)c1c[nH]c(C#N)c1. The van der Waals surface area contributed by atoms with Crippen molar-refractivity contribution in [1.29, 1.82) is 5.26 Å². The second-order valence-electron chi connectivity index (χ2n) is 2.25. The van der Waals surface area contributed by atoms with Gasteiger partial charge in [-0.2, -0.15) is 5.26 Å². The van der Waals surface area contributed by atoms with Crippen molar-refractivity contribution in [1.82, 2.24) is 4.98 Å². The van der Waals surface area contributed by atoms with E-state index in [0.29, 0.717) is 5.69 Å². The van der Waals surface area contributed by atoms with E-state index >= 15 is 0 Å². The molecule has 52 valence electrons. The zero-order chi connectivity index (χ0) is 7.56. The molecule has 0 fully saturated rings. The number of nitriles is 1. The molecule has 1 heterocycles. The molecule has 0 aromatic carbocycles. The third kappa shape index (κ3) is 1.17. The molecule has 0 saturated carbocycles. The number of nitrogens with two attached hydrogens (primary N) is 1. The van der Waals surface area contributed by atoms with Crippen molar-refractivity contribution >= 4 is 0 Å². The van der Waals surface area contributed by atoms with Gasteiger partial charge in [-0.15, -0.1) is 0 Å². The highest BCUT2D eigenvalue weighted by atomic mass is 14.7. The van der Waals surface area contributed by atoms with Crippen LogP contribution in [0.1, 0.15) is 24.2 Å². The van der Waals surface area contributed by atoms with Crippen molar-refractivity contribution in [3.63, 3.8) is 0 Å². The molecule has 3 nitrogen and oxygen atoms in total. The van der Waals surface area contributed by atoms with Gasteiger partial charge in [-0.1, -0.05) is 0 Å². The fraction of sp³-hybridized carbons (Fsp3) is 0.286. The Morgan fingerprint density at radius 1 is 1.80 bits per heavy atom. The van der Waals surface area contributed by atoms with Gasteiger partial charge >= 0.3 is 0 Å². The number of nitrogens with zero attached hydrogens (tertiary/aromatic N) is 1. The van der Waals surface area contributed by atoms with Gasteiger partial charge in [0.1, 0.15) is 11.8 Å². The number of rotatable bonds is 1. The van der Waals surface area contributed by atoms with E-state index in [1.165, 1.54) is 0 Å². The maximum atomic E-state index is 8.41. The minimum Gasteiger partial charge on any atom is -0.353 e. The van der Waals surface area contributed by atoms with Gasteiger partial charge in [0.05, 0.1) is 0 Å². The van der Waals surface area contributed by atoms with Crippen molar-refractivity contribution < 1.29 is 0 Å². The number of hydrogen-bond acceptors (Lipinski definition) is 2. The summed E-state index contributed by atoms with van der Waals surface area (Å²) in [6.45, 7) is 1.88. The molecule has 1 atom stereocenters. The molecular formula is C7H9N3. The minimum absolute atomic E-state index is 0.00153. The van der Waals surface area contributed by atoms with E-state index in [4.69, 9.17) is 11.0 Å². The third-order valence-electron chi connectivity index (χ3n) is 1.35. The number of aromatic nitrogens is 1. The monoisotopic (exact) mass is 135 g/mol. The number of nitrogens with one attached hydrogen (secondary N) is 1. The van der Waals surface area contributed by atoms with E-state index in [-0.39, 0.29) is 6.04 Å². The van der Waals surface area contributed by atoms with Crippen LogP contribution in [0, 0.1) is 11.3 Å². The zero-order valence-corrected chi connectivity index (χ0v) is 5.76. The lowest BCUT2D eigenvalue weighted by Crippen LogP contribution is -2.02. The van der Waals surface area contributed by atoms with Gasteiger partial charge in [0.15, 0.2) is 0 Å². The fourth-order valence-corrected chi connectivity index (χ4v) is 0.739. The Morgan fingerprint density at radius 2 is 2.50 bits per heavy atom. The van der Waals surface area contributed by atoms with Crippen LogP contribution in [0.2, 0.25) is 0 Å². The summed E-state index contributed by atoms with van der Waals surface area (Å²) < 4.78 is 0. The van der Waals surface area contributed by atoms with Gasteiger partial charge in [-0.3, -0.25) is 0 Å². The molecule has 1 aromatic rings. The van der Waals surface area contributed by atoms with Crippen molar-refractivity contribution in [3.8, 4) is 6.07 Å². The van der Waals surface area contributed by atoms with E-state index < -0.39 is 0 Å². The summed E-state index contributed by atoms with van der Waals surface area (Å²) in [6.07, 6.45) is 1.75. The summed E-state index contributed by atoms with van der Waals surface area (Å²) in [5.41, 5.74) is 7.08. The average Bonchev–Trinajstić information content (AvgIpc) is 2.34. The maximum absolute atomic E-state index is 8.41. The van der Waals surface area contributed by atoms with E-state index in [9.17, 15) is 0 Å². The van der Waals surface area contributed by atoms with Crippen molar-refractivity contribution in [3.05, 3.63) is 23.5 Å². The molecule has 0 unspecified atom stereocenters. The predicted molar refractivity (Wildman–Crippen MR) is 38.1 cm³/mol. The highest BCUT2D eigenvalue weighted by Gasteiger charge is 2.00. The Bertz CT molecular complexity index is 254. The van der Waals surface area contributed by atoms with Crippen molar-refractivity contribution in [2.24, 2.45) is 5.73 Å². The Hall–Kier alpha value is -1.27. The molecule has 10 heavy (non-hydrogen) atoms. The zero-order valence-electron chi connectivity index (χ0n) is 5.76. The molecule has 1 rings (SSSR count). The average molecular weight is 135 g/mol. The summed E-state index contributed by atoms with van der Waals surface area (Å²) >= 11 is 0. The van der Waals surface area contributed by atoms with Gasteiger partial charge in [-0.05, 0) is 18.6 Å². The van der Waals surface area contributed by atoms with Crippen LogP contribution in [0.4, 0.5) is 0 Å². The molecule has 0 aliphatic carbocycles. The minimum atomic E-state index is -0.00153. The summed E-state index contributed by atoms with van der Waals surface area (Å²) in [5, 5.41) is 8.41. The Balaban J connectivity index is 2.91. The van der Waals surface area contributed by atoms with E-state index in [1.54, 1.807) is 12.3 Å². The van der Waals surface area contributed by atoms with E-state index in [1.807, 2.05) is 13.0 Å². The summed E-state index contributed by atoms with van der Waals surface area (Å²) in [4.78, 5) is 2.80. The largest absolute Gasteiger partial charge is 0.353 e. The molecule has 0 amide bonds. The third-order valence-corrected chi connectivity index (χ3v) is 1.35. The molecule has 0 bridgehead atoms. The molecule has 0 spiro atoms. The lowest BCUT2D eigenvalue weighted by molar-refractivity contribution is 0.820. The molecule has 0 aliphatic rings. The lowest BCUT2D eigenvalue weighted by atomic mass is 10.2. The molecular weight excluding hydrogens is 126 g/mol. The van der Waals surface area contributed by atoms with Gasteiger partial charge in [0, 0.05) is 12.2 Å². The maximum Gasteiger partial charge on any atom is 0.117 e. The first-order valence-corrected chi connectivity index (χ1v) is 3.08. The Kier molecular flexibility index (Phi) is 1.74. The summed E-state index contributed by atoms with van der Waals surface area (Å²) in [5.74, 6) is 0. The number of H-pyrrole nitrogens is 1. The van der Waals surface area contributed by atoms with E-state index in [2.05, 4.69) is 4.98 Å². The van der Waals surface area contributed by atoms with E-state index in [0.717, 1.165) is 5.56 Å². The molecule has 3 N–H and O–H groups in total. The first-order chi connectivity index (χ1) is 4.74. The highest BCUT2D eigenvalue weighted by molar-refractivity contribution is 5.27. The molecule has 0 radical (unpaired) electrons. The standard InChI is InChI=1S/C7H9N3/c1-5(9)6-2-7(3-8)10-4-6/h2,4-5,10H,9H2,1H3/t5-/m0/s1. The lowest BCUT2D eigenvalue weighted by Gasteiger charge is -1.96. The van der Waals surface area contributed by atoms with Gasteiger partial charge < -0.3 is 10.7 Å². The van der Waals surface area contributed by atoms with Crippen LogP contribution in [-0.4, -0.2) is 4.98 Å². The second kappa shape index (κ2) is 2.54. The Morgan fingerprint density at radius 3 is 2.80 bits per heavy atom. The van der Waals surface area contributed by atoms with Crippen molar-refractivity contribution in [2.75, 3.05) is 0 Å². The summed E-state index contributed by atoms with van der Waals surface area (Å²) in [6, 6.07) is 3.74. The normalized spacial score (nSPS) is 12.5. The van der Waals surface area contributed by atoms with Crippen molar-refractivity contribution in [2.45, 2.75) is 13.0 Å². The molecule has 3 heteroatoms. The summed E-state index contributed by atoms with van der Waals surface area (Å²) in [7, 11) is 0. The van der Waals surface area contributed by atoms with Gasteiger partial charge in [-0.25, -0.2) is 0 Å². The van der Waals surface area contributed by atoms with Crippen LogP contribution < -0.4 is 5.73 Å². The smallest absolute Gasteiger partial charge is 0.117 e. The topological polar surface area (TPSA) is 65.6 Å². The quantitative estimate of drug-likeness (QED) is 0.601. The molecule has 0 aliphatic heterocycles. The Labute approximate surface area is 59.5 Å². The van der Waals surface area contributed by atoms with Crippen LogP contribution in [-0.2, 0) is 0 Å². The molecule has 1 aromatic heterocycles. The fourth-order valence-electron chi connectivity index (χ4n) is 0.739. The second-order valence-corrected chi connectivity index (χ2v) is 2.25. The van der Waals surface area contributed by atoms with Gasteiger partial charge in [0.25, 0.3) is 0 Å². The van der Waals surface area contributed by atoms with Gasteiger partial charge in [0.2, 0.25) is 0 Å².